The molecule has 0 heterocycles. The first-order chi connectivity index (χ1) is 8.19. The quantitative estimate of drug-likeness (QED) is 0.614. The molecular weight excluding hydrogens is 238 g/mol. The zero-order valence-corrected chi connectivity index (χ0v) is 10.4. The molecule has 1 atom stereocenters. The van der Waals surface area contributed by atoms with E-state index in [1.165, 1.54) is 7.11 Å². The van der Waals surface area contributed by atoms with Crippen molar-refractivity contribution in [1.29, 1.82) is 0 Å². The van der Waals surface area contributed by atoms with Crippen LogP contribution >= 0.6 is 12.6 Å². The molecule has 0 fully saturated rings. The van der Waals surface area contributed by atoms with E-state index < -0.39 is 12.0 Å². The van der Waals surface area contributed by atoms with Crippen LogP contribution in [0.25, 0.3) is 0 Å². The van der Waals surface area contributed by atoms with Crippen molar-refractivity contribution in [2.24, 2.45) is 0 Å². The van der Waals surface area contributed by atoms with Gasteiger partial charge in [-0.1, -0.05) is 18.2 Å². The SMILES string of the molecule is COC(=O)C(CCS)NC(=O)c1ccccc1. The maximum absolute atomic E-state index is 11.8. The van der Waals surface area contributed by atoms with Gasteiger partial charge in [-0.05, 0) is 24.3 Å². The second kappa shape index (κ2) is 6.96. The third-order valence-corrected chi connectivity index (χ3v) is 2.50. The van der Waals surface area contributed by atoms with Crippen molar-refractivity contribution in [3.63, 3.8) is 0 Å². The highest BCUT2D eigenvalue weighted by molar-refractivity contribution is 7.80. The Morgan fingerprint density at radius 2 is 2.00 bits per heavy atom. The Bertz CT molecular complexity index is 381. The lowest BCUT2D eigenvalue weighted by Gasteiger charge is -2.15. The molecule has 1 aromatic carbocycles. The van der Waals surface area contributed by atoms with Crippen LogP contribution in [-0.4, -0.2) is 30.8 Å². The Morgan fingerprint density at radius 3 is 2.53 bits per heavy atom. The molecule has 1 N–H and O–H groups in total. The number of methoxy groups -OCH3 is 1. The second-order valence-electron chi connectivity index (χ2n) is 3.43. The van der Waals surface area contributed by atoms with Gasteiger partial charge < -0.3 is 10.1 Å². The average molecular weight is 253 g/mol. The predicted molar refractivity (Wildman–Crippen MR) is 68.2 cm³/mol. The summed E-state index contributed by atoms with van der Waals surface area (Å²) in [4.78, 5) is 23.2. The fourth-order valence-corrected chi connectivity index (χ4v) is 1.61. The Balaban J connectivity index is 2.67. The maximum Gasteiger partial charge on any atom is 0.328 e. The molecule has 1 unspecified atom stereocenters. The maximum atomic E-state index is 11.8. The molecular formula is C12H15NO3S. The third-order valence-electron chi connectivity index (χ3n) is 2.24. The van der Waals surface area contributed by atoms with Gasteiger partial charge in [0.2, 0.25) is 0 Å². The van der Waals surface area contributed by atoms with Crippen LogP contribution in [0.2, 0.25) is 0 Å². The lowest BCUT2D eigenvalue weighted by atomic mass is 10.1. The van der Waals surface area contributed by atoms with Crippen LogP contribution in [0.5, 0.6) is 0 Å². The lowest BCUT2D eigenvalue weighted by molar-refractivity contribution is -0.142. The minimum Gasteiger partial charge on any atom is -0.467 e. The summed E-state index contributed by atoms with van der Waals surface area (Å²) < 4.78 is 4.61. The van der Waals surface area contributed by atoms with Crippen LogP contribution in [0.3, 0.4) is 0 Å². The van der Waals surface area contributed by atoms with Crippen LogP contribution < -0.4 is 5.32 Å². The molecule has 5 heteroatoms. The molecule has 0 saturated carbocycles. The zero-order valence-electron chi connectivity index (χ0n) is 9.55. The summed E-state index contributed by atoms with van der Waals surface area (Å²) in [5, 5.41) is 2.62. The van der Waals surface area contributed by atoms with E-state index in [1.54, 1.807) is 24.3 Å². The van der Waals surface area contributed by atoms with Gasteiger partial charge in [0.1, 0.15) is 6.04 Å². The number of rotatable bonds is 5. The lowest BCUT2D eigenvalue weighted by Crippen LogP contribution is -2.41. The minimum atomic E-state index is -0.648. The number of esters is 1. The number of carbonyl (C=O) groups is 2. The first-order valence-electron chi connectivity index (χ1n) is 5.23. The van der Waals surface area contributed by atoms with Crippen LogP contribution in [0.1, 0.15) is 16.8 Å². The van der Waals surface area contributed by atoms with E-state index in [0.29, 0.717) is 17.7 Å². The number of hydrogen-bond donors (Lipinski definition) is 2. The van der Waals surface area contributed by atoms with Gasteiger partial charge in [0, 0.05) is 5.56 Å². The Labute approximate surface area is 106 Å². The number of nitrogens with one attached hydrogen (secondary N) is 1. The standard InChI is InChI=1S/C12H15NO3S/c1-16-12(15)10(7-8-17)13-11(14)9-5-3-2-4-6-9/h2-6,10,17H,7-8H2,1H3,(H,13,14). The fraction of sp³-hybridized carbons (Fsp3) is 0.333. The molecule has 1 amide bonds. The van der Waals surface area contributed by atoms with Crippen LogP contribution in [0.4, 0.5) is 0 Å². The number of amides is 1. The van der Waals surface area contributed by atoms with Crippen molar-refractivity contribution in [3.05, 3.63) is 35.9 Å². The number of hydrogen-bond acceptors (Lipinski definition) is 4. The molecule has 0 aliphatic rings. The van der Waals surface area contributed by atoms with Gasteiger partial charge in [0.05, 0.1) is 7.11 Å². The Kier molecular flexibility index (Phi) is 5.56. The molecule has 0 aliphatic heterocycles. The molecule has 0 aromatic heterocycles. The molecule has 0 aliphatic carbocycles. The van der Waals surface area contributed by atoms with E-state index in [0.717, 1.165) is 0 Å². The summed E-state index contributed by atoms with van der Waals surface area (Å²) in [6.45, 7) is 0. The largest absolute Gasteiger partial charge is 0.467 e. The summed E-state index contributed by atoms with van der Waals surface area (Å²) in [6.07, 6.45) is 0.439. The van der Waals surface area contributed by atoms with Gasteiger partial charge in [0.15, 0.2) is 0 Å². The molecule has 1 aromatic rings. The van der Waals surface area contributed by atoms with Gasteiger partial charge in [-0.15, -0.1) is 0 Å². The Morgan fingerprint density at radius 1 is 1.35 bits per heavy atom. The van der Waals surface area contributed by atoms with Crippen molar-refractivity contribution >= 4 is 24.5 Å². The molecule has 0 spiro atoms. The average Bonchev–Trinajstić information content (AvgIpc) is 2.38. The van der Waals surface area contributed by atoms with Gasteiger partial charge in [-0.3, -0.25) is 4.79 Å². The number of carbonyl (C=O) groups excluding carboxylic acids is 2. The van der Waals surface area contributed by atoms with E-state index in [2.05, 4.69) is 22.7 Å². The normalized spacial score (nSPS) is 11.6. The van der Waals surface area contributed by atoms with Crippen molar-refractivity contribution in [2.75, 3.05) is 12.9 Å². The smallest absolute Gasteiger partial charge is 0.328 e. The number of thiol groups is 1. The van der Waals surface area contributed by atoms with E-state index >= 15 is 0 Å². The number of benzene rings is 1. The summed E-state index contributed by atoms with van der Waals surface area (Å²) in [5.41, 5.74) is 0.514. The summed E-state index contributed by atoms with van der Waals surface area (Å²) in [6, 6.07) is 8.07. The highest BCUT2D eigenvalue weighted by Crippen LogP contribution is 2.02. The zero-order chi connectivity index (χ0) is 12.7. The molecule has 0 radical (unpaired) electrons. The topological polar surface area (TPSA) is 55.4 Å². The monoisotopic (exact) mass is 253 g/mol. The highest BCUT2D eigenvalue weighted by Gasteiger charge is 2.20. The molecule has 4 nitrogen and oxygen atoms in total. The second-order valence-corrected chi connectivity index (χ2v) is 3.87. The minimum absolute atomic E-state index is 0.289. The van der Waals surface area contributed by atoms with Crippen molar-refractivity contribution < 1.29 is 14.3 Å². The molecule has 1 rings (SSSR count). The first kappa shape index (κ1) is 13.6. The fourth-order valence-electron chi connectivity index (χ4n) is 1.35. The molecule has 0 bridgehead atoms. The summed E-state index contributed by atoms with van der Waals surface area (Å²) in [7, 11) is 1.29. The van der Waals surface area contributed by atoms with Crippen molar-refractivity contribution in [2.45, 2.75) is 12.5 Å². The van der Waals surface area contributed by atoms with Crippen LogP contribution in [-0.2, 0) is 9.53 Å². The number of ether oxygens (including phenoxy) is 1. The van der Waals surface area contributed by atoms with E-state index in [9.17, 15) is 9.59 Å². The van der Waals surface area contributed by atoms with Crippen molar-refractivity contribution in [1.82, 2.24) is 5.32 Å². The summed E-state index contributed by atoms with van der Waals surface area (Å²) >= 11 is 4.04. The van der Waals surface area contributed by atoms with Gasteiger partial charge in [-0.25, -0.2) is 4.79 Å². The van der Waals surface area contributed by atoms with E-state index in [1.807, 2.05) is 6.07 Å². The Hall–Kier alpha value is -1.49. The summed E-state index contributed by atoms with van der Waals surface area (Å²) in [5.74, 6) is -0.249. The molecule has 92 valence electrons. The predicted octanol–water partition coefficient (Wildman–Crippen LogP) is 1.28. The van der Waals surface area contributed by atoms with E-state index in [-0.39, 0.29) is 5.91 Å². The first-order valence-corrected chi connectivity index (χ1v) is 5.87. The molecule has 17 heavy (non-hydrogen) atoms. The van der Waals surface area contributed by atoms with E-state index in [4.69, 9.17) is 0 Å². The van der Waals surface area contributed by atoms with Gasteiger partial charge in [0.25, 0.3) is 5.91 Å². The van der Waals surface area contributed by atoms with Crippen LogP contribution in [0, 0.1) is 0 Å². The van der Waals surface area contributed by atoms with Gasteiger partial charge >= 0.3 is 5.97 Å². The van der Waals surface area contributed by atoms with Gasteiger partial charge in [-0.2, -0.15) is 12.6 Å². The molecule has 0 saturated heterocycles. The highest BCUT2D eigenvalue weighted by atomic mass is 32.1. The third kappa shape index (κ3) is 4.11. The van der Waals surface area contributed by atoms with Crippen molar-refractivity contribution in [3.8, 4) is 0 Å². The van der Waals surface area contributed by atoms with Crippen LogP contribution in [0.15, 0.2) is 30.3 Å².